The molecule has 0 spiro atoms. The third kappa shape index (κ3) is 2.21. The molecule has 0 aromatic heterocycles. The fourth-order valence-corrected chi connectivity index (χ4v) is 3.08. The first-order valence-corrected chi connectivity index (χ1v) is 6.80. The number of benzene rings is 1. The summed E-state index contributed by atoms with van der Waals surface area (Å²) in [6, 6.07) is 5.46. The largest absolute Gasteiger partial charge is 0.385 e. The smallest absolute Gasteiger partial charge is 0.0947 e. The molecule has 94 valence electrons. The fraction of sp³-hybridized carbons (Fsp3) is 0.571. The van der Waals surface area contributed by atoms with Crippen molar-refractivity contribution in [1.82, 2.24) is 0 Å². The van der Waals surface area contributed by atoms with Gasteiger partial charge >= 0.3 is 0 Å². The maximum Gasteiger partial charge on any atom is 0.0947 e. The van der Waals surface area contributed by atoms with Crippen LogP contribution in [0.1, 0.15) is 45.1 Å². The molecule has 0 radical (unpaired) electrons. The van der Waals surface area contributed by atoms with Crippen molar-refractivity contribution in [3.05, 3.63) is 33.8 Å². The molecule has 1 saturated carbocycles. The Kier molecular flexibility index (Phi) is 3.46. The zero-order chi connectivity index (χ0) is 12.7. The number of aliphatic hydroxyl groups is 1. The van der Waals surface area contributed by atoms with E-state index in [9.17, 15) is 5.11 Å². The maximum atomic E-state index is 11.0. The van der Waals surface area contributed by atoms with E-state index in [2.05, 4.69) is 13.8 Å². The molecule has 1 nitrogen and oxygen atoms in total. The summed E-state index contributed by atoms with van der Waals surface area (Å²) < 4.78 is 0. The molecular formula is C14H18Cl2O. The lowest BCUT2D eigenvalue weighted by Gasteiger charge is -2.47. The molecule has 0 heterocycles. The van der Waals surface area contributed by atoms with Gasteiger partial charge in [-0.05, 0) is 36.0 Å². The van der Waals surface area contributed by atoms with Crippen molar-refractivity contribution in [3.63, 3.8) is 0 Å². The molecule has 1 aliphatic carbocycles. The SMILES string of the molecule is CC1(C)CCCC[C@@]1(O)c1ccc(Cl)c(Cl)c1. The highest BCUT2D eigenvalue weighted by Crippen LogP contribution is 2.50. The van der Waals surface area contributed by atoms with Crippen LogP contribution in [0, 0.1) is 5.41 Å². The summed E-state index contributed by atoms with van der Waals surface area (Å²) in [4.78, 5) is 0. The predicted molar refractivity (Wildman–Crippen MR) is 72.6 cm³/mol. The minimum atomic E-state index is -0.792. The minimum absolute atomic E-state index is 0.123. The van der Waals surface area contributed by atoms with E-state index in [-0.39, 0.29) is 5.41 Å². The van der Waals surface area contributed by atoms with Crippen molar-refractivity contribution in [1.29, 1.82) is 0 Å². The minimum Gasteiger partial charge on any atom is -0.385 e. The average molecular weight is 273 g/mol. The van der Waals surface area contributed by atoms with Crippen LogP contribution >= 0.6 is 23.2 Å². The van der Waals surface area contributed by atoms with Crippen molar-refractivity contribution in [2.24, 2.45) is 5.41 Å². The van der Waals surface area contributed by atoms with Crippen molar-refractivity contribution in [3.8, 4) is 0 Å². The summed E-state index contributed by atoms with van der Waals surface area (Å²) in [6.45, 7) is 4.24. The van der Waals surface area contributed by atoms with Crippen LogP contribution in [0.3, 0.4) is 0 Å². The first kappa shape index (κ1) is 13.2. The first-order chi connectivity index (χ1) is 7.87. The Hall–Kier alpha value is -0.240. The van der Waals surface area contributed by atoms with Gasteiger partial charge in [0.15, 0.2) is 0 Å². The molecule has 2 rings (SSSR count). The summed E-state index contributed by atoms with van der Waals surface area (Å²) >= 11 is 12.0. The third-order valence-corrected chi connectivity index (χ3v) is 4.85. The van der Waals surface area contributed by atoms with Crippen LogP contribution < -0.4 is 0 Å². The van der Waals surface area contributed by atoms with Gasteiger partial charge in [-0.2, -0.15) is 0 Å². The van der Waals surface area contributed by atoms with Gasteiger partial charge in [-0.1, -0.05) is 56.0 Å². The Labute approximate surface area is 113 Å². The molecule has 1 aliphatic rings. The summed E-state index contributed by atoms with van der Waals surface area (Å²) in [5.41, 5.74) is -0.0291. The van der Waals surface area contributed by atoms with Crippen LogP contribution in [0.4, 0.5) is 0 Å². The van der Waals surface area contributed by atoms with Crippen molar-refractivity contribution in [2.75, 3.05) is 0 Å². The molecule has 0 saturated heterocycles. The molecule has 1 N–H and O–H groups in total. The van der Waals surface area contributed by atoms with Gasteiger partial charge in [0.05, 0.1) is 15.6 Å². The normalized spacial score (nSPS) is 28.1. The lowest BCUT2D eigenvalue weighted by Crippen LogP contribution is -2.44. The molecule has 1 atom stereocenters. The second-order valence-electron chi connectivity index (χ2n) is 5.58. The van der Waals surface area contributed by atoms with Gasteiger partial charge in [0.25, 0.3) is 0 Å². The molecule has 0 amide bonds. The van der Waals surface area contributed by atoms with Gasteiger partial charge in [0.1, 0.15) is 0 Å². The Morgan fingerprint density at radius 3 is 2.29 bits per heavy atom. The van der Waals surface area contributed by atoms with E-state index in [1.165, 1.54) is 6.42 Å². The van der Waals surface area contributed by atoms with Gasteiger partial charge in [-0.25, -0.2) is 0 Å². The maximum absolute atomic E-state index is 11.0. The topological polar surface area (TPSA) is 20.2 Å². The van der Waals surface area contributed by atoms with Crippen molar-refractivity contribution >= 4 is 23.2 Å². The second kappa shape index (κ2) is 4.46. The van der Waals surface area contributed by atoms with Gasteiger partial charge < -0.3 is 5.11 Å². The highest BCUT2D eigenvalue weighted by molar-refractivity contribution is 6.42. The zero-order valence-electron chi connectivity index (χ0n) is 10.3. The summed E-state index contributed by atoms with van der Waals surface area (Å²) in [6.07, 6.45) is 4.05. The van der Waals surface area contributed by atoms with Crippen molar-refractivity contribution < 1.29 is 5.11 Å². The van der Waals surface area contributed by atoms with Crippen LogP contribution in [0.15, 0.2) is 18.2 Å². The second-order valence-corrected chi connectivity index (χ2v) is 6.39. The van der Waals surface area contributed by atoms with E-state index < -0.39 is 5.60 Å². The van der Waals surface area contributed by atoms with Crippen LogP contribution in [0.5, 0.6) is 0 Å². The number of hydrogen-bond acceptors (Lipinski definition) is 1. The van der Waals surface area contributed by atoms with Crippen LogP contribution in [0.2, 0.25) is 10.0 Å². The number of rotatable bonds is 1. The van der Waals surface area contributed by atoms with E-state index in [4.69, 9.17) is 23.2 Å². The average Bonchev–Trinajstić information content (AvgIpc) is 2.26. The van der Waals surface area contributed by atoms with E-state index in [1.807, 2.05) is 6.07 Å². The molecule has 1 fully saturated rings. The summed E-state index contributed by atoms with van der Waals surface area (Å²) in [5, 5.41) is 12.0. The van der Waals surface area contributed by atoms with Crippen molar-refractivity contribution in [2.45, 2.75) is 45.1 Å². The lowest BCUT2D eigenvalue weighted by atomic mass is 9.62. The summed E-state index contributed by atoms with van der Waals surface area (Å²) in [5.74, 6) is 0. The Morgan fingerprint density at radius 1 is 1.06 bits per heavy atom. The van der Waals surface area contributed by atoms with Gasteiger partial charge in [-0.3, -0.25) is 0 Å². The van der Waals surface area contributed by atoms with E-state index >= 15 is 0 Å². The quantitative estimate of drug-likeness (QED) is 0.780. The molecular weight excluding hydrogens is 255 g/mol. The standard InChI is InChI=1S/C14H18Cl2O/c1-13(2)7-3-4-8-14(13,17)10-5-6-11(15)12(16)9-10/h5-6,9,17H,3-4,7-8H2,1-2H3/t14-/m1/s1. The number of halogens is 2. The summed E-state index contributed by atoms with van der Waals surface area (Å²) in [7, 11) is 0. The number of hydrogen-bond donors (Lipinski definition) is 1. The molecule has 1 aromatic carbocycles. The molecule has 17 heavy (non-hydrogen) atoms. The molecule has 0 unspecified atom stereocenters. The molecule has 0 bridgehead atoms. The van der Waals surface area contributed by atoms with E-state index in [0.29, 0.717) is 10.0 Å². The highest BCUT2D eigenvalue weighted by Gasteiger charge is 2.46. The van der Waals surface area contributed by atoms with E-state index in [0.717, 1.165) is 24.8 Å². The molecule has 0 aliphatic heterocycles. The fourth-order valence-electron chi connectivity index (χ4n) is 2.78. The zero-order valence-corrected chi connectivity index (χ0v) is 11.8. The molecule has 3 heteroatoms. The Morgan fingerprint density at radius 2 is 1.71 bits per heavy atom. The van der Waals surface area contributed by atoms with Crippen LogP contribution in [-0.4, -0.2) is 5.11 Å². The lowest BCUT2D eigenvalue weighted by molar-refractivity contribution is -0.103. The van der Waals surface area contributed by atoms with E-state index in [1.54, 1.807) is 12.1 Å². The van der Waals surface area contributed by atoms with Crippen LogP contribution in [0.25, 0.3) is 0 Å². The third-order valence-electron chi connectivity index (χ3n) is 4.11. The predicted octanol–water partition coefficient (Wildman–Crippen LogP) is 4.78. The monoisotopic (exact) mass is 272 g/mol. The molecule has 1 aromatic rings. The first-order valence-electron chi connectivity index (χ1n) is 6.05. The van der Waals surface area contributed by atoms with Crippen LogP contribution in [-0.2, 0) is 5.60 Å². The Bertz CT molecular complexity index is 428. The van der Waals surface area contributed by atoms with Gasteiger partial charge in [-0.15, -0.1) is 0 Å². The highest BCUT2D eigenvalue weighted by atomic mass is 35.5. The Balaban J connectivity index is 2.45. The van der Waals surface area contributed by atoms with Gasteiger partial charge in [0, 0.05) is 0 Å². The van der Waals surface area contributed by atoms with Gasteiger partial charge in [0.2, 0.25) is 0 Å².